The fourth-order valence-corrected chi connectivity index (χ4v) is 1.71. The van der Waals surface area contributed by atoms with Crippen LogP contribution in [0.4, 0.5) is 4.79 Å². The number of carbonyl (C=O) groups is 2. The predicted octanol–water partition coefficient (Wildman–Crippen LogP) is 2.04. The summed E-state index contributed by atoms with van der Waals surface area (Å²) in [4.78, 5) is 24.3. The highest BCUT2D eigenvalue weighted by molar-refractivity contribution is 5.86. The zero-order valence-electron chi connectivity index (χ0n) is 18.5. The molecule has 0 fully saturated rings. The maximum absolute atomic E-state index is 11.8. The molecular formula is C20H37NO8. The van der Waals surface area contributed by atoms with Crippen molar-refractivity contribution in [1.29, 1.82) is 0 Å². The molecule has 9 heteroatoms. The number of rotatable bonds is 16. The summed E-state index contributed by atoms with van der Waals surface area (Å²) in [5.74, 6) is -0.416. The lowest BCUT2D eigenvalue weighted by atomic mass is 10.2. The maximum Gasteiger partial charge on any atom is 0.410 e. The second-order valence-electron chi connectivity index (χ2n) is 7.27. The zero-order valence-corrected chi connectivity index (χ0v) is 18.5. The van der Waals surface area contributed by atoms with Crippen LogP contribution in [0.1, 0.15) is 27.7 Å². The maximum atomic E-state index is 11.8. The predicted molar refractivity (Wildman–Crippen MR) is 108 cm³/mol. The van der Waals surface area contributed by atoms with Gasteiger partial charge in [0, 0.05) is 19.2 Å². The van der Waals surface area contributed by atoms with Crippen LogP contribution in [0.25, 0.3) is 0 Å². The minimum absolute atomic E-state index is 0.197. The number of hydrogen-bond acceptors (Lipinski definition) is 8. The molecule has 170 valence electrons. The van der Waals surface area contributed by atoms with Crippen LogP contribution in [-0.2, 0) is 33.2 Å². The standard InChI is InChI=1S/C20H37NO8/c1-17(2)18(22)28-16-15-27-14-13-26-12-11-25-10-9-24-8-7-21(6)19(23)29-20(3,4)5/h1,7-16H2,2-6H3. The third-order valence-corrected chi connectivity index (χ3v) is 3.20. The lowest BCUT2D eigenvalue weighted by Gasteiger charge is -2.24. The van der Waals surface area contributed by atoms with Crippen molar-refractivity contribution in [3.63, 3.8) is 0 Å². The monoisotopic (exact) mass is 419 g/mol. The van der Waals surface area contributed by atoms with Crippen LogP contribution in [0.5, 0.6) is 0 Å². The van der Waals surface area contributed by atoms with Crippen molar-refractivity contribution in [2.45, 2.75) is 33.3 Å². The second-order valence-corrected chi connectivity index (χ2v) is 7.27. The smallest absolute Gasteiger partial charge is 0.410 e. The Bertz CT molecular complexity index is 476. The van der Waals surface area contributed by atoms with E-state index in [2.05, 4.69) is 6.58 Å². The number of likely N-dealkylation sites (N-methyl/N-ethyl adjacent to an activating group) is 1. The minimum atomic E-state index is -0.506. The van der Waals surface area contributed by atoms with E-state index in [1.807, 2.05) is 20.8 Å². The summed E-state index contributed by atoms with van der Waals surface area (Å²) in [6.45, 7) is 14.6. The van der Waals surface area contributed by atoms with Crippen molar-refractivity contribution in [3.05, 3.63) is 12.2 Å². The van der Waals surface area contributed by atoms with E-state index in [0.717, 1.165) is 0 Å². The van der Waals surface area contributed by atoms with Crippen molar-refractivity contribution >= 4 is 12.1 Å². The summed E-state index contributed by atoms with van der Waals surface area (Å²) in [7, 11) is 1.67. The first-order chi connectivity index (χ1) is 13.6. The molecule has 0 aromatic rings. The lowest BCUT2D eigenvalue weighted by Crippen LogP contribution is -2.36. The van der Waals surface area contributed by atoms with Crippen molar-refractivity contribution in [3.8, 4) is 0 Å². The molecule has 0 atom stereocenters. The Morgan fingerprint density at radius 3 is 1.62 bits per heavy atom. The van der Waals surface area contributed by atoms with Gasteiger partial charge >= 0.3 is 12.1 Å². The Morgan fingerprint density at radius 2 is 1.21 bits per heavy atom. The van der Waals surface area contributed by atoms with Gasteiger partial charge in [-0.25, -0.2) is 9.59 Å². The molecule has 9 nitrogen and oxygen atoms in total. The average molecular weight is 420 g/mol. The molecule has 0 rings (SSSR count). The number of esters is 1. The molecule has 0 radical (unpaired) electrons. The van der Waals surface area contributed by atoms with Crippen LogP contribution in [0, 0.1) is 0 Å². The van der Waals surface area contributed by atoms with E-state index >= 15 is 0 Å². The van der Waals surface area contributed by atoms with Crippen LogP contribution in [-0.4, -0.2) is 95.6 Å². The summed E-state index contributed by atoms with van der Waals surface area (Å²) < 4.78 is 31.6. The number of hydrogen-bond donors (Lipinski definition) is 0. The Hall–Kier alpha value is -1.68. The largest absolute Gasteiger partial charge is 0.460 e. The van der Waals surface area contributed by atoms with Crippen LogP contribution >= 0.6 is 0 Å². The first kappa shape index (κ1) is 27.3. The third kappa shape index (κ3) is 18.1. The van der Waals surface area contributed by atoms with E-state index < -0.39 is 11.6 Å². The quantitative estimate of drug-likeness (QED) is 0.213. The molecule has 0 saturated heterocycles. The lowest BCUT2D eigenvalue weighted by molar-refractivity contribution is -0.140. The Kier molecular flexibility index (Phi) is 15.2. The topological polar surface area (TPSA) is 92.8 Å². The molecule has 0 aliphatic heterocycles. The SMILES string of the molecule is C=C(C)C(=O)OCCOCCOCCOCCOCCN(C)C(=O)OC(C)(C)C. The van der Waals surface area contributed by atoms with Crippen LogP contribution in [0.15, 0.2) is 12.2 Å². The first-order valence-corrected chi connectivity index (χ1v) is 9.71. The number of nitrogens with zero attached hydrogens (tertiary/aromatic N) is 1. The highest BCUT2D eigenvalue weighted by atomic mass is 16.6. The van der Waals surface area contributed by atoms with Crippen molar-refractivity contribution in [1.82, 2.24) is 4.90 Å². The van der Waals surface area contributed by atoms with E-state index in [1.54, 1.807) is 14.0 Å². The minimum Gasteiger partial charge on any atom is -0.460 e. The van der Waals surface area contributed by atoms with Crippen LogP contribution in [0.3, 0.4) is 0 Å². The van der Waals surface area contributed by atoms with Crippen molar-refractivity contribution < 1.29 is 38.0 Å². The van der Waals surface area contributed by atoms with Crippen molar-refractivity contribution in [2.75, 3.05) is 73.1 Å². The summed E-state index contributed by atoms with van der Waals surface area (Å²) in [5, 5.41) is 0. The van der Waals surface area contributed by atoms with Gasteiger partial charge in [-0.2, -0.15) is 0 Å². The third-order valence-electron chi connectivity index (χ3n) is 3.20. The van der Waals surface area contributed by atoms with Crippen LogP contribution < -0.4 is 0 Å². The Morgan fingerprint density at radius 1 is 0.793 bits per heavy atom. The van der Waals surface area contributed by atoms with E-state index in [4.69, 9.17) is 28.4 Å². The molecule has 0 aliphatic rings. The molecule has 29 heavy (non-hydrogen) atoms. The van der Waals surface area contributed by atoms with Gasteiger partial charge in [-0.3, -0.25) is 0 Å². The Balaban J connectivity index is 3.33. The van der Waals surface area contributed by atoms with Gasteiger partial charge in [0.05, 0.1) is 52.9 Å². The molecule has 0 bridgehead atoms. The van der Waals surface area contributed by atoms with Gasteiger partial charge in [-0.15, -0.1) is 0 Å². The van der Waals surface area contributed by atoms with Gasteiger partial charge < -0.3 is 33.3 Å². The van der Waals surface area contributed by atoms with E-state index in [1.165, 1.54) is 4.90 Å². The van der Waals surface area contributed by atoms with Gasteiger partial charge in [0.25, 0.3) is 0 Å². The zero-order chi connectivity index (χ0) is 22.1. The summed E-state index contributed by atoms with van der Waals surface area (Å²) >= 11 is 0. The molecule has 0 aromatic carbocycles. The summed E-state index contributed by atoms with van der Waals surface area (Å²) in [5.41, 5.74) is -0.139. The summed E-state index contributed by atoms with van der Waals surface area (Å²) in [6, 6.07) is 0. The van der Waals surface area contributed by atoms with Gasteiger partial charge in [-0.05, 0) is 27.7 Å². The molecule has 0 saturated carbocycles. The molecule has 0 aliphatic carbocycles. The number of carbonyl (C=O) groups excluding carboxylic acids is 2. The summed E-state index contributed by atoms with van der Waals surface area (Å²) in [6.07, 6.45) is -0.369. The van der Waals surface area contributed by atoms with Gasteiger partial charge in [0.2, 0.25) is 0 Å². The van der Waals surface area contributed by atoms with E-state index in [0.29, 0.717) is 65.0 Å². The van der Waals surface area contributed by atoms with Crippen molar-refractivity contribution in [2.24, 2.45) is 0 Å². The normalized spacial score (nSPS) is 11.2. The second kappa shape index (κ2) is 16.2. The molecular weight excluding hydrogens is 382 g/mol. The highest BCUT2D eigenvalue weighted by Gasteiger charge is 2.19. The molecule has 0 spiro atoms. The average Bonchev–Trinajstić information content (AvgIpc) is 2.62. The van der Waals surface area contributed by atoms with E-state index in [9.17, 15) is 9.59 Å². The molecule has 0 heterocycles. The van der Waals surface area contributed by atoms with Crippen LogP contribution in [0.2, 0.25) is 0 Å². The van der Waals surface area contributed by atoms with Gasteiger partial charge in [0.1, 0.15) is 12.2 Å². The number of amides is 1. The molecule has 0 unspecified atom stereocenters. The fourth-order valence-electron chi connectivity index (χ4n) is 1.71. The first-order valence-electron chi connectivity index (χ1n) is 9.71. The molecule has 1 amide bonds. The van der Waals surface area contributed by atoms with Gasteiger partial charge in [-0.1, -0.05) is 6.58 Å². The van der Waals surface area contributed by atoms with E-state index in [-0.39, 0.29) is 12.7 Å². The molecule has 0 N–H and O–H groups in total. The van der Waals surface area contributed by atoms with Gasteiger partial charge in [0.15, 0.2) is 0 Å². The molecule has 0 aromatic heterocycles. The highest BCUT2D eigenvalue weighted by Crippen LogP contribution is 2.08. The Labute approximate surface area is 174 Å². The number of ether oxygens (including phenoxy) is 6. The fraction of sp³-hybridized carbons (Fsp3) is 0.800.